The Bertz CT molecular complexity index is 800. The number of benzene rings is 2. The number of methoxy groups -OCH3 is 1. The maximum absolute atomic E-state index is 13.2. The average Bonchev–Trinajstić information content (AvgIpc) is 2.74. The number of fused-ring (bicyclic) bond motifs is 1. The number of aromatic nitrogens is 2. The Morgan fingerprint density at radius 3 is 2.80 bits per heavy atom. The highest BCUT2D eigenvalue weighted by Gasteiger charge is 2.12. The minimum absolute atomic E-state index is 0.301. The van der Waals surface area contributed by atoms with Gasteiger partial charge in [-0.05, 0) is 40.2 Å². The van der Waals surface area contributed by atoms with Crippen LogP contribution < -0.4 is 10.5 Å². The molecule has 20 heavy (non-hydrogen) atoms. The number of nitrogens with zero attached hydrogens (tertiary/aromatic N) is 2. The number of nitrogen functional groups attached to an aromatic ring is 1. The fourth-order valence-electron chi connectivity index (χ4n) is 2.13. The van der Waals surface area contributed by atoms with Crippen molar-refractivity contribution < 1.29 is 9.13 Å². The number of imidazole rings is 1. The fraction of sp³-hybridized carbons (Fsp3) is 0.0714. The van der Waals surface area contributed by atoms with Crippen molar-refractivity contribution in [2.24, 2.45) is 0 Å². The predicted octanol–water partition coefficient (Wildman–Crippen LogP) is 3.52. The summed E-state index contributed by atoms with van der Waals surface area (Å²) in [5.74, 6) is 0.649. The van der Waals surface area contributed by atoms with Crippen molar-refractivity contribution in [3.05, 3.63) is 46.7 Å². The number of hydrogen-bond donors (Lipinski definition) is 1. The highest BCUT2D eigenvalue weighted by Crippen LogP contribution is 2.30. The SMILES string of the molecule is COc1cc(-n2c(N)nc3cc(F)ccc32)ccc1Br. The predicted molar refractivity (Wildman–Crippen MR) is 79.7 cm³/mol. The first-order chi connectivity index (χ1) is 9.60. The van der Waals surface area contributed by atoms with E-state index in [9.17, 15) is 4.39 Å². The van der Waals surface area contributed by atoms with Gasteiger partial charge in [0.15, 0.2) is 0 Å². The summed E-state index contributed by atoms with van der Waals surface area (Å²) in [5, 5.41) is 0. The normalized spacial score (nSPS) is 10.9. The number of rotatable bonds is 2. The third-order valence-corrected chi connectivity index (χ3v) is 3.69. The van der Waals surface area contributed by atoms with Gasteiger partial charge in [-0.1, -0.05) is 0 Å². The van der Waals surface area contributed by atoms with Gasteiger partial charge in [0.25, 0.3) is 0 Å². The maximum Gasteiger partial charge on any atom is 0.205 e. The summed E-state index contributed by atoms with van der Waals surface area (Å²) in [6.45, 7) is 0. The third-order valence-electron chi connectivity index (χ3n) is 3.04. The Morgan fingerprint density at radius 2 is 2.05 bits per heavy atom. The van der Waals surface area contributed by atoms with Crippen LogP contribution in [-0.2, 0) is 0 Å². The molecule has 1 heterocycles. The van der Waals surface area contributed by atoms with E-state index >= 15 is 0 Å². The summed E-state index contributed by atoms with van der Waals surface area (Å²) in [6, 6.07) is 9.98. The smallest absolute Gasteiger partial charge is 0.205 e. The molecule has 4 nitrogen and oxygen atoms in total. The Labute approximate surface area is 123 Å². The van der Waals surface area contributed by atoms with Crippen LogP contribution in [-0.4, -0.2) is 16.7 Å². The van der Waals surface area contributed by atoms with Crippen molar-refractivity contribution in [1.82, 2.24) is 9.55 Å². The first-order valence-corrected chi connectivity index (χ1v) is 6.67. The molecule has 0 atom stereocenters. The van der Waals surface area contributed by atoms with Gasteiger partial charge in [0.2, 0.25) is 5.95 Å². The van der Waals surface area contributed by atoms with E-state index in [0.29, 0.717) is 17.2 Å². The highest BCUT2D eigenvalue weighted by molar-refractivity contribution is 9.10. The molecule has 102 valence electrons. The molecule has 0 aliphatic carbocycles. The van der Waals surface area contributed by atoms with Gasteiger partial charge in [0.1, 0.15) is 11.6 Å². The van der Waals surface area contributed by atoms with Crippen LogP contribution in [0, 0.1) is 5.82 Å². The topological polar surface area (TPSA) is 53.1 Å². The highest BCUT2D eigenvalue weighted by atomic mass is 79.9. The van der Waals surface area contributed by atoms with E-state index < -0.39 is 0 Å². The molecule has 0 unspecified atom stereocenters. The molecule has 0 fully saturated rings. The molecule has 2 N–H and O–H groups in total. The first kappa shape index (κ1) is 12.9. The van der Waals surface area contributed by atoms with Crippen molar-refractivity contribution in [1.29, 1.82) is 0 Å². The number of hydrogen-bond acceptors (Lipinski definition) is 3. The molecule has 0 saturated heterocycles. The van der Waals surface area contributed by atoms with E-state index in [1.165, 1.54) is 12.1 Å². The summed E-state index contributed by atoms with van der Waals surface area (Å²) in [4.78, 5) is 4.18. The van der Waals surface area contributed by atoms with Crippen molar-refractivity contribution in [3.8, 4) is 11.4 Å². The lowest BCUT2D eigenvalue weighted by Crippen LogP contribution is -2.01. The zero-order valence-electron chi connectivity index (χ0n) is 10.6. The van der Waals surface area contributed by atoms with Crippen molar-refractivity contribution in [2.75, 3.05) is 12.8 Å². The van der Waals surface area contributed by atoms with Crippen LogP contribution >= 0.6 is 15.9 Å². The maximum atomic E-state index is 13.2. The summed E-state index contributed by atoms with van der Waals surface area (Å²) < 4.78 is 21.1. The Balaban J connectivity index is 2.26. The quantitative estimate of drug-likeness (QED) is 0.779. The van der Waals surface area contributed by atoms with Crippen molar-refractivity contribution in [3.63, 3.8) is 0 Å². The van der Waals surface area contributed by atoms with Gasteiger partial charge in [0.05, 0.1) is 28.3 Å². The van der Waals surface area contributed by atoms with Crippen LogP contribution in [0.2, 0.25) is 0 Å². The van der Waals surface area contributed by atoms with Crippen molar-refractivity contribution in [2.45, 2.75) is 0 Å². The Kier molecular flexibility index (Phi) is 3.10. The largest absolute Gasteiger partial charge is 0.495 e. The second-order valence-electron chi connectivity index (χ2n) is 4.26. The number of halogens is 2. The van der Waals surface area contributed by atoms with Crippen LogP contribution in [0.5, 0.6) is 5.75 Å². The lowest BCUT2D eigenvalue weighted by Gasteiger charge is -2.09. The van der Waals surface area contributed by atoms with Crippen LogP contribution in [0.4, 0.5) is 10.3 Å². The number of anilines is 1. The minimum Gasteiger partial charge on any atom is -0.495 e. The Morgan fingerprint density at radius 1 is 1.25 bits per heavy atom. The molecule has 0 saturated carbocycles. The van der Waals surface area contributed by atoms with Gasteiger partial charge in [-0.25, -0.2) is 9.37 Å². The molecule has 0 bridgehead atoms. The third kappa shape index (κ3) is 2.02. The molecule has 0 aliphatic heterocycles. The number of nitrogens with two attached hydrogens (primary N) is 1. The molecule has 1 aromatic heterocycles. The summed E-state index contributed by atoms with van der Waals surface area (Å²) in [7, 11) is 1.59. The number of ether oxygens (including phenoxy) is 1. The molecule has 0 aliphatic rings. The van der Waals surface area contributed by atoms with Gasteiger partial charge in [-0.15, -0.1) is 0 Å². The van der Waals surface area contributed by atoms with Gasteiger partial charge < -0.3 is 10.5 Å². The van der Waals surface area contributed by atoms with Crippen LogP contribution in [0.1, 0.15) is 0 Å². The van der Waals surface area contributed by atoms with Gasteiger partial charge in [0, 0.05) is 12.1 Å². The van der Waals surface area contributed by atoms with Crippen LogP contribution in [0.25, 0.3) is 16.7 Å². The van der Waals surface area contributed by atoms with E-state index in [0.717, 1.165) is 15.7 Å². The Hall–Kier alpha value is -2.08. The van der Waals surface area contributed by atoms with Crippen LogP contribution in [0.15, 0.2) is 40.9 Å². The van der Waals surface area contributed by atoms with E-state index in [4.69, 9.17) is 10.5 Å². The van der Waals surface area contributed by atoms with Crippen molar-refractivity contribution >= 4 is 32.9 Å². The zero-order valence-corrected chi connectivity index (χ0v) is 12.2. The second-order valence-corrected chi connectivity index (χ2v) is 5.11. The van der Waals surface area contributed by atoms with Gasteiger partial charge in [-0.2, -0.15) is 0 Å². The average molecular weight is 336 g/mol. The standard InChI is InChI=1S/C14H11BrFN3O/c1-20-13-7-9(3-4-10(13)15)19-12-5-2-8(16)6-11(12)18-14(19)17/h2-7H,1H3,(H2,17,18). The molecular weight excluding hydrogens is 325 g/mol. The monoisotopic (exact) mass is 335 g/mol. The van der Waals surface area contributed by atoms with Gasteiger partial charge in [-0.3, -0.25) is 4.57 Å². The molecule has 0 spiro atoms. The molecule has 2 aromatic carbocycles. The van der Waals surface area contributed by atoms with E-state index in [2.05, 4.69) is 20.9 Å². The van der Waals surface area contributed by atoms with Crippen LogP contribution in [0.3, 0.4) is 0 Å². The molecule has 0 radical (unpaired) electrons. The summed E-state index contributed by atoms with van der Waals surface area (Å²) >= 11 is 3.40. The summed E-state index contributed by atoms with van der Waals surface area (Å²) in [6.07, 6.45) is 0. The molecule has 6 heteroatoms. The second kappa shape index (κ2) is 4.79. The van der Waals surface area contributed by atoms with E-state index in [1.807, 2.05) is 18.2 Å². The van der Waals surface area contributed by atoms with E-state index in [1.54, 1.807) is 17.7 Å². The van der Waals surface area contributed by atoms with Gasteiger partial charge >= 0.3 is 0 Å². The lowest BCUT2D eigenvalue weighted by molar-refractivity contribution is 0.412. The fourth-order valence-corrected chi connectivity index (χ4v) is 2.54. The lowest BCUT2D eigenvalue weighted by atomic mass is 10.2. The first-order valence-electron chi connectivity index (χ1n) is 5.87. The zero-order chi connectivity index (χ0) is 14.3. The molecule has 0 amide bonds. The molecule has 3 rings (SSSR count). The molecular formula is C14H11BrFN3O. The minimum atomic E-state index is -0.337. The van der Waals surface area contributed by atoms with E-state index in [-0.39, 0.29) is 5.82 Å². The molecule has 3 aromatic rings. The summed E-state index contributed by atoms with van der Waals surface area (Å²) in [5.41, 5.74) is 8.01.